The minimum Gasteiger partial charge on any atom is -0.489 e. The summed E-state index contributed by atoms with van der Waals surface area (Å²) in [5.41, 5.74) is -0.753. The summed E-state index contributed by atoms with van der Waals surface area (Å²) in [6.07, 6.45) is -2.09. The van der Waals surface area contributed by atoms with E-state index in [4.69, 9.17) is 14.6 Å². The first kappa shape index (κ1) is 17.4. The molecule has 0 aliphatic rings. The van der Waals surface area contributed by atoms with Crippen molar-refractivity contribution < 1.29 is 32.5 Å². The van der Waals surface area contributed by atoms with Gasteiger partial charge in [-0.3, -0.25) is 0 Å². The van der Waals surface area contributed by atoms with Gasteiger partial charge in [0.2, 0.25) is 0 Å². The molecule has 0 atom stereocenters. The maximum atomic E-state index is 12.5. The normalized spacial score (nSPS) is 11.5. The molecule has 0 aliphatic heterocycles. The van der Waals surface area contributed by atoms with E-state index in [1.807, 2.05) is 0 Å². The molecule has 2 aromatic rings. The molecular weight excluding hydrogens is 325 g/mol. The number of halogens is 3. The molecule has 0 amide bonds. The Morgan fingerprint density at radius 1 is 1.04 bits per heavy atom. The number of carboxylic acid groups (broad SMARTS) is 1. The topological polar surface area (TPSA) is 55.8 Å². The Morgan fingerprint density at radius 3 is 2.33 bits per heavy atom. The molecular formula is C17H13F3O4. The number of carboxylic acids is 1. The fourth-order valence-corrected chi connectivity index (χ4v) is 1.77. The monoisotopic (exact) mass is 338 g/mol. The van der Waals surface area contributed by atoms with Crippen LogP contribution in [0.4, 0.5) is 13.2 Å². The van der Waals surface area contributed by atoms with Crippen molar-refractivity contribution >= 4 is 5.97 Å². The Hall–Kier alpha value is -2.96. The zero-order valence-electron chi connectivity index (χ0n) is 12.3. The molecule has 4 nitrogen and oxygen atoms in total. The molecule has 2 rings (SSSR count). The summed E-state index contributed by atoms with van der Waals surface area (Å²) in [6.45, 7) is 0.0655. The minimum atomic E-state index is -4.39. The van der Waals surface area contributed by atoms with Gasteiger partial charge in [0.1, 0.15) is 23.9 Å². The van der Waals surface area contributed by atoms with Crippen LogP contribution in [-0.2, 0) is 11.0 Å². The Labute approximate surface area is 135 Å². The summed E-state index contributed by atoms with van der Waals surface area (Å²) in [5.74, 6) is 0.00725. The third-order valence-corrected chi connectivity index (χ3v) is 2.83. The summed E-state index contributed by atoms with van der Waals surface area (Å²) in [4.78, 5) is 10.3. The van der Waals surface area contributed by atoms with Crippen LogP contribution in [0.2, 0.25) is 0 Å². The maximum absolute atomic E-state index is 12.5. The number of hydrogen-bond acceptors (Lipinski definition) is 3. The second-order valence-corrected chi connectivity index (χ2v) is 4.65. The predicted molar refractivity (Wildman–Crippen MR) is 80.2 cm³/mol. The summed E-state index contributed by atoms with van der Waals surface area (Å²) >= 11 is 0. The minimum absolute atomic E-state index is 0.0655. The zero-order valence-corrected chi connectivity index (χ0v) is 12.3. The largest absolute Gasteiger partial charge is 0.489 e. The van der Waals surface area contributed by atoms with Gasteiger partial charge in [-0.05, 0) is 42.5 Å². The first-order valence-corrected chi connectivity index (χ1v) is 6.82. The summed E-state index contributed by atoms with van der Waals surface area (Å²) in [7, 11) is 0. The second kappa shape index (κ2) is 7.54. The molecule has 0 fully saturated rings. The lowest BCUT2D eigenvalue weighted by atomic mass is 10.2. The molecule has 0 heterocycles. The van der Waals surface area contributed by atoms with Crippen molar-refractivity contribution in [3.8, 4) is 17.2 Å². The number of carbonyl (C=O) groups is 1. The molecule has 1 N–H and O–H groups in total. The van der Waals surface area contributed by atoms with Crippen LogP contribution < -0.4 is 9.47 Å². The summed E-state index contributed by atoms with van der Waals surface area (Å²) in [5, 5.41) is 8.46. The van der Waals surface area contributed by atoms with E-state index >= 15 is 0 Å². The molecule has 0 aromatic heterocycles. The van der Waals surface area contributed by atoms with E-state index < -0.39 is 17.7 Å². The van der Waals surface area contributed by atoms with Gasteiger partial charge in [0, 0.05) is 12.1 Å². The van der Waals surface area contributed by atoms with Crippen molar-refractivity contribution in [3.63, 3.8) is 0 Å². The van der Waals surface area contributed by atoms with Crippen molar-refractivity contribution in [1.29, 1.82) is 0 Å². The number of ether oxygens (including phenoxy) is 2. The van der Waals surface area contributed by atoms with Crippen LogP contribution in [0, 0.1) is 0 Å². The van der Waals surface area contributed by atoms with Crippen LogP contribution in [-0.4, -0.2) is 17.7 Å². The highest BCUT2D eigenvalue weighted by molar-refractivity contribution is 5.79. The average molecular weight is 338 g/mol. The Balaban J connectivity index is 2.00. The van der Waals surface area contributed by atoms with Crippen LogP contribution in [0.1, 0.15) is 5.56 Å². The first-order valence-electron chi connectivity index (χ1n) is 6.82. The first-order chi connectivity index (χ1) is 11.3. The molecule has 0 unspecified atom stereocenters. The molecule has 0 spiro atoms. The number of rotatable bonds is 6. The van der Waals surface area contributed by atoms with E-state index in [0.717, 1.165) is 18.2 Å². The van der Waals surface area contributed by atoms with Crippen molar-refractivity contribution in [2.24, 2.45) is 0 Å². The van der Waals surface area contributed by atoms with Crippen LogP contribution >= 0.6 is 0 Å². The van der Waals surface area contributed by atoms with Gasteiger partial charge in [-0.25, -0.2) is 4.79 Å². The number of alkyl halides is 3. The van der Waals surface area contributed by atoms with Crippen molar-refractivity contribution in [2.75, 3.05) is 6.61 Å². The van der Waals surface area contributed by atoms with Crippen molar-refractivity contribution in [2.45, 2.75) is 6.18 Å². The molecule has 24 heavy (non-hydrogen) atoms. The van der Waals surface area contributed by atoms with Gasteiger partial charge >= 0.3 is 12.1 Å². The SMILES string of the molecule is O=C(O)C=CCOc1cccc(Oc2ccc(C(F)(F)F)cc2)c1. The third kappa shape index (κ3) is 5.35. The van der Waals surface area contributed by atoms with Gasteiger partial charge in [-0.15, -0.1) is 0 Å². The van der Waals surface area contributed by atoms with E-state index in [9.17, 15) is 18.0 Å². The van der Waals surface area contributed by atoms with Gasteiger partial charge < -0.3 is 14.6 Å². The molecule has 0 saturated heterocycles. The van der Waals surface area contributed by atoms with Crippen LogP contribution in [0.3, 0.4) is 0 Å². The molecule has 126 valence electrons. The fraction of sp³-hybridized carbons (Fsp3) is 0.118. The molecule has 0 aliphatic carbocycles. The van der Waals surface area contributed by atoms with Gasteiger partial charge in [-0.1, -0.05) is 6.07 Å². The fourth-order valence-electron chi connectivity index (χ4n) is 1.77. The zero-order chi connectivity index (χ0) is 17.6. The van der Waals surface area contributed by atoms with Crippen LogP contribution in [0.5, 0.6) is 17.2 Å². The number of hydrogen-bond donors (Lipinski definition) is 1. The lowest BCUT2D eigenvalue weighted by Gasteiger charge is -2.10. The van der Waals surface area contributed by atoms with Crippen molar-refractivity contribution in [3.05, 3.63) is 66.2 Å². The van der Waals surface area contributed by atoms with Gasteiger partial charge in [-0.2, -0.15) is 13.2 Å². The van der Waals surface area contributed by atoms with E-state index in [1.165, 1.54) is 18.2 Å². The van der Waals surface area contributed by atoms with E-state index in [0.29, 0.717) is 11.5 Å². The lowest BCUT2D eigenvalue weighted by molar-refractivity contribution is -0.137. The number of benzene rings is 2. The molecule has 0 saturated carbocycles. The van der Waals surface area contributed by atoms with Crippen molar-refractivity contribution in [1.82, 2.24) is 0 Å². The molecule has 0 bridgehead atoms. The number of aliphatic carboxylic acids is 1. The maximum Gasteiger partial charge on any atom is 0.416 e. The molecule has 0 radical (unpaired) electrons. The molecule has 2 aromatic carbocycles. The summed E-state index contributed by atoms with van der Waals surface area (Å²) in [6, 6.07) is 10.8. The smallest absolute Gasteiger partial charge is 0.416 e. The average Bonchev–Trinajstić information content (AvgIpc) is 2.51. The Kier molecular flexibility index (Phi) is 5.47. The Bertz CT molecular complexity index is 721. The molecule has 7 heteroatoms. The highest BCUT2D eigenvalue weighted by Gasteiger charge is 2.30. The third-order valence-electron chi connectivity index (χ3n) is 2.83. The predicted octanol–water partition coefficient (Wildman–Crippen LogP) is 4.52. The summed E-state index contributed by atoms with van der Waals surface area (Å²) < 4.78 is 48.3. The van der Waals surface area contributed by atoms with E-state index in [2.05, 4.69) is 0 Å². The van der Waals surface area contributed by atoms with Crippen LogP contribution in [0.25, 0.3) is 0 Å². The quantitative estimate of drug-likeness (QED) is 0.787. The lowest BCUT2D eigenvalue weighted by Crippen LogP contribution is -2.04. The van der Waals surface area contributed by atoms with Gasteiger partial charge in [0.15, 0.2) is 0 Å². The Morgan fingerprint density at radius 2 is 1.71 bits per heavy atom. The second-order valence-electron chi connectivity index (χ2n) is 4.65. The van der Waals surface area contributed by atoms with Crippen LogP contribution in [0.15, 0.2) is 60.7 Å². The van der Waals surface area contributed by atoms with E-state index in [1.54, 1.807) is 24.3 Å². The van der Waals surface area contributed by atoms with E-state index in [-0.39, 0.29) is 12.4 Å². The van der Waals surface area contributed by atoms with Gasteiger partial charge in [0.05, 0.1) is 5.56 Å². The standard InChI is InChI=1S/C17H13F3O4/c18-17(19,20)12-6-8-13(9-7-12)24-15-4-1-3-14(11-15)23-10-2-5-16(21)22/h1-9,11H,10H2,(H,21,22). The highest BCUT2D eigenvalue weighted by Crippen LogP contribution is 2.31. The highest BCUT2D eigenvalue weighted by atomic mass is 19.4. The van der Waals surface area contributed by atoms with Gasteiger partial charge in [0.25, 0.3) is 0 Å².